The molecule has 3 heteroatoms. The normalized spacial score (nSPS) is 10.7. The van der Waals surface area contributed by atoms with Crippen LogP contribution in [0.25, 0.3) is 12.2 Å². The second-order valence-electron chi connectivity index (χ2n) is 3.86. The number of halogens is 1. The molecule has 0 aromatic heterocycles. The second kappa shape index (κ2) is 5.65. The summed E-state index contributed by atoms with van der Waals surface area (Å²) in [5, 5.41) is 0. The molecule has 90 valence electrons. The van der Waals surface area contributed by atoms with E-state index in [1.807, 2.05) is 42.5 Å². The van der Waals surface area contributed by atoms with Crippen LogP contribution >= 0.6 is 15.9 Å². The minimum Gasteiger partial charge on any atom is -0.398 e. The lowest BCUT2D eigenvalue weighted by Crippen LogP contribution is -1.94. The molecule has 0 amide bonds. The van der Waals surface area contributed by atoms with E-state index in [-0.39, 0.29) is 4.69 Å². The summed E-state index contributed by atoms with van der Waals surface area (Å²) in [4.78, 5) is 11.2. The fourth-order valence-electron chi connectivity index (χ4n) is 1.59. The Morgan fingerprint density at radius 3 is 2.44 bits per heavy atom. The maximum Gasteiger partial charge on any atom is 0.228 e. The molecule has 2 aromatic rings. The third-order valence-electron chi connectivity index (χ3n) is 2.57. The molecule has 0 saturated heterocycles. The summed E-state index contributed by atoms with van der Waals surface area (Å²) in [6, 6.07) is 15.1. The molecule has 0 aliphatic heterocycles. The highest BCUT2D eigenvalue weighted by Gasteiger charge is 2.03. The second-order valence-corrected chi connectivity index (χ2v) is 4.58. The van der Waals surface area contributed by atoms with Crippen molar-refractivity contribution in [2.75, 3.05) is 5.73 Å². The van der Waals surface area contributed by atoms with Gasteiger partial charge in [-0.15, -0.1) is 0 Å². The maximum atomic E-state index is 11.2. The number of anilines is 1. The Morgan fingerprint density at radius 2 is 1.78 bits per heavy atom. The van der Waals surface area contributed by atoms with Gasteiger partial charge in [0.05, 0.1) is 0 Å². The van der Waals surface area contributed by atoms with Gasteiger partial charge in [-0.25, -0.2) is 0 Å². The maximum absolute atomic E-state index is 11.2. The fraction of sp³-hybridized carbons (Fsp3) is 0. The van der Waals surface area contributed by atoms with Crippen LogP contribution in [0.3, 0.4) is 0 Å². The predicted molar refractivity (Wildman–Crippen MR) is 79.5 cm³/mol. The Hall–Kier alpha value is -1.87. The Bertz CT molecular complexity index is 591. The predicted octanol–water partition coefficient (Wildman–Crippen LogP) is 3.97. The Balaban J connectivity index is 2.31. The average Bonchev–Trinajstić information content (AvgIpc) is 2.38. The van der Waals surface area contributed by atoms with E-state index in [4.69, 9.17) is 5.73 Å². The van der Waals surface area contributed by atoms with E-state index in [9.17, 15) is 4.79 Å². The molecule has 0 aliphatic rings. The molecule has 0 unspecified atom stereocenters. The van der Waals surface area contributed by atoms with Crippen molar-refractivity contribution in [3.63, 3.8) is 0 Å². The van der Waals surface area contributed by atoms with Gasteiger partial charge in [-0.1, -0.05) is 42.5 Å². The molecule has 0 saturated carbocycles. The standard InChI is InChI=1S/C15H12BrNO/c16-15(18)13-8-9-14(17)12(10-13)7-6-11-4-2-1-3-5-11/h1-10H,17H2. The Labute approximate surface area is 114 Å². The number of carbonyl (C=O) groups excluding carboxylic acids is 1. The SMILES string of the molecule is Nc1ccc(C(=O)Br)cc1C=Cc1ccccc1. The Kier molecular flexibility index (Phi) is 3.95. The lowest BCUT2D eigenvalue weighted by atomic mass is 10.1. The molecule has 2 rings (SSSR count). The molecule has 18 heavy (non-hydrogen) atoms. The smallest absolute Gasteiger partial charge is 0.228 e. The highest BCUT2D eigenvalue weighted by Crippen LogP contribution is 2.19. The van der Waals surface area contributed by atoms with Gasteiger partial charge < -0.3 is 5.73 Å². The van der Waals surface area contributed by atoms with Crippen LogP contribution in [0.4, 0.5) is 5.69 Å². The fourth-order valence-corrected chi connectivity index (χ4v) is 1.84. The topological polar surface area (TPSA) is 43.1 Å². The number of hydrogen-bond acceptors (Lipinski definition) is 2. The monoisotopic (exact) mass is 301 g/mol. The van der Waals surface area contributed by atoms with Crippen LogP contribution in [-0.2, 0) is 0 Å². The van der Waals surface area contributed by atoms with Gasteiger partial charge in [-0.05, 0) is 45.3 Å². The van der Waals surface area contributed by atoms with Gasteiger partial charge in [0.2, 0.25) is 4.69 Å². The highest BCUT2D eigenvalue weighted by atomic mass is 79.9. The van der Waals surface area contributed by atoms with E-state index in [0.29, 0.717) is 11.3 Å². The van der Waals surface area contributed by atoms with Gasteiger partial charge in [0.25, 0.3) is 0 Å². The number of benzene rings is 2. The van der Waals surface area contributed by atoms with Crippen molar-refractivity contribution >= 4 is 38.5 Å². The minimum atomic E-state index is -0.142. The van der Waals surface area contributed by atoms with Crippen LogP contribution in [-0.4, -0.2) is 4.69 Å². The molecule has 2 nitrogen and oxygen atoms in total. The van der Waals surface area contributed by atoms with Crippen molar-refractivity contribution in [3.8, 4) is 0 Å². The van der Waals surface area contributed by atoms with Gasteiger partial charge in [0.1, 0.15) is 0 Å². The number of nitrogen functional groups attached to an aromatic ring is 1. The molecule has 0 radical (unpaired) electrons. The summed E-state index contributed by atoms with van der Waals surface area (Å²) < 4.78 is -0.142. The summed E-state index contributed by atoms with van der Waals surface area (Å²) in [5.74, 6) is 0. The van der Waals surface area contributed by atoms with Crippen molar-refractivity contribution in [2.24, 2.45) is 0 Å². The lowest BCUT2D eigenvalue weighted by Gasteiger charge is -2.02. The molecule has 0 heterocycles. The number of rotatable bonds is 3. The van der Waals surface area contributed by atoms with Crippen LogP contribution in [0.15, 0.2) is 48.5 Å². The lowest BCUT2D eigenvalue weighted by molar-refractivity contribution is 0.109. The van der Waals surface area contributed by atoms with E-state index in [1.165, 1.54) is 0 Å². The summed E-state index contributed by atoms with van der Waals surface area (Å²) in [6.07, 6.45) is 3.87. The van der Waals surface area contributed by atoms with E-state index in [0.717, 1.165) is 11.1 Å². The van der Waals surface area contributed by atoms with Gasteiger partial charge in [0.15, 0.2) is 0 Å². The summed E-state index contributed by atoms with van der Waals surface area (Å²) in [7, 11) is 0. The molecule has 0 aliphatic carbocycles. The van der Waals surface area contributed by atoms with Crippen molar-refractivity contribution in [2.45, 2.75) is 0 Å². The number of hydrogen-bond donors (Lipinski definition) is 1. The zero-order chi connectivity index (χ0) is 13.0. The van der Waals surface area contributed by atoms with Crippen molar-refractivity contribution in [1.82, 2.24) is 0 Å². The first-order valence-corrected chi connectivity index (χ1v) is 6.28. The molecule has 0 bridgehead atoms. The quantitative estimate of drug-likeness (QED) is 0.529. The molecular formula is C15H12BrNO. The summed E-state index contributed by atoms with van der Waals surface area (Å²) >= 11 is 2.93. The van der Waals surface area contributed by atoms with Gasteiger partial charge in [0, 0.05) is 11.3 Å². The molecule has 2 N–H and O–H groups in total. The first-order chi connectivity index (χ1) is 8.66. The summed E-state index contributed by atoms with van der Waals surface area (Å²) in [5.41, 5.74) is 9.05. The van der Waals surface area contributed by atoms with Gasteiger partial charge in [-0.3, -0.25) is 4.79 Å². The van der Waals surface area contributed by atoms with E-state index in [1.54, 1.807) is 18.2 Å². The molecule has 0 spiro atoms. The van der Waals surface area contributed by atoms with E-state index < -0.39 is 0 Å². The van der Waals surface area contributed by atoms with Crippen LogP contribution in [0.5, 0.6) is 0 Å². The zero-order valence-corrected chi connectivity index (χ0v) is 11.2. The van der Waals surface area contributed by atoms with Crippen LogP contribution in [0.2, 0.25) is 0 Å². The third kappa shape index (κ3) is 3.08. The van der Waals surface area contributed by atoms with Crippen molar-refractivity contribution < 1.29 is 4.79 Å². The third-order valence-corrected chi connectivity index (χ3v) is 3.03. The van der Waals surface area contributed by atoms with Gasteiger partial charge >= 0.3 is 0 Å². The molecule has 0 fully saturated rings. The Morgan fingerprint density at radius 1 is 1.06 bits per heavy atom. The van der Waals surface area contributed by atoms with Crippen LogP contribution in [0.1, 0.15) is 21.5 Å². The first-order valence-electron chi connectivity index (χ1n) is 5.49. The number of nitrogens with two attached hydrogens (primary N) is 1. The van der Waals surface area contributed by atoms with Gasteiger partial charge in [-0.2, -0.15) is 0 Å². The van der Waals surface area contributed by atoms with Crippen molar-refractivity contribution in [3.05, 3.63) is 65.2 Å². The van der Waals surface area contributed by atoms with E-state index >= 15 is 0 Å². The molecule has 0 atom stereocenters. The minimum absolute atomic E-state index is 0.142. The first kappa shape index (κ1) is 12.6. The molecular weight excluding hydrogens is 290 g/mol. The van der Waals surface area contributed by atoms with E-state index in [2.05, 4.69) is 15.9 Å². The van der Waals surface area contributed by atoms with Crippen LogP contribution in [0, 0.1) is 0 Å². The average molecular weight is 302 g/mol. The van der Waals surface area contributed by atoms with Crippen LogP contribution < -0.4 is 5.73 Å². The zero-order valence-electron chi connectivity index (χ0n) is 9.64. The largest absolute Gasteiger partial charge is 0.398 e. The number of carbonyl (C=O) groups is 1. The highest BCUT2D eigenvalue weighted by molar-refractivity contribution is 9.18. The summed E-state index contributed by atoms with van der Waals surface area (Å²) in [6.45, 7) is 0. The van der Waals surface area contributed by atoms with Crippen molar-refractivity contribution in [1.29, 1.82) is 0 Å². The molecule has 2 aromatic carbocycles.